The van der Waals surface area contributed by atoms with Crippen LogP contribution >= 0.6 is 11.3 Å². The lowest BCUT2D eigenvalue weighted by molar-refractivity contribution is 0.0969. The molecule has 0 bridgehead atoms. The van der Waals surface area contributed by atoms with E-state index in [-0.39, 0.29) is 39.2 Å². The number of fused-ring (bicyclic) bond motifs is 2. The second-order valence-electron chi connectivity index (χ2n) is 7.88. The van der Waals surface area contributed by atoms with Gasteiger partial charge in [-0.05, 0) is 43.7 Å². The number of rotatable bonds is 5. The second-order valence-corrected chi connectivity index (χ2v) is 8.85. The summed E-state index contributed by atoms with van der Waals surface area (Å²) in [7, 11) is 0. The van der Waals surface area contributed by atoms with Gasteiger partial charge in [-0.3, -0.25) is 19.3 Å². The highest BCUT2D eigenvalue weighted by molar-refractivity contribution is 7.17. The number of aryl methyl sites for hydroxylation is 1. The molecule has 9 heteroatoms. The molecule has 1 aliphatic heterocycles. The number of carbonyl (C=O) groups excluding carboxylic acids is 2. The largest absolute Gasteiger partial charge is 0.504 e. The molecule has 1 atom stereocenters. The summed E-state index contributed by atoms with van der Waals surface area (Å²) in [4.78, 5) is 45.6. The summed E-state index contributed by atoms with van der Waals surface area (Å²) in [5, 5.41) is 10.8. The standard InChI is InChI=1S/C25H20N2O6S/c1-4-32-18-11-14(9-10-16(18)29)20-19-21(30)15-7-5-6-8-17(15)33-22(19)24(31)27(20)25-26-12(2)23(34-25)13(3)28/h5-11,20,29H,4H2,1-3H3/t20-/m1/s1. The number of benzene rings is 2. The number of ketones is 1. The van der Waals surface area contributed by atoms with Crippen LogP contribution in [0.5, 0.6) is 11.5 Å². The number of thiazole rings is 1. The monoisotopic (exact) mass is 476 g/mol. The number of Topliss-reactive ketones (excluding diaryl/α,β-unsaturated/α-hetero) is 1. The van der Waals surface area contributed by atoms with Crippen LogP contribution in [-0.4, -0.2) is 28.4 Å². The number of ether oxygens (including phenoxy) is 1. The molecule has 1 N–H and O–H groups in total. The highest BCUT2D eigenvalue weighted by Crippen LogP contribution is 2.44. The van der Waals surface area contributed by atoms with Crippen LogP contribution in [-0.2, 0) is 0 Å². The fraction of sp³-hybridized carbons (Fsp3) is 0.200. The Bertz CT molecular complexity index is 1540. The highest BCUT2D eigenvalue weighted by Gasteiger charge is 2.45. The van der Waals surface area contributed by atoms with Crippen LogP contribution in [0.1, 0.15) is 56.9 Å². The summed E-state index contributed by atoms with van der Waals surface area (Å²) in [5.41, 5.74) is 1.19. The molecule has 4 aromatic rings. The number of phenols is 1. The Morgan fingerprint density at radius 1 is 1.24 bits per heavy atom. The zero-order chi connectivity index (χ0) is 24.1. The number of phenolic OH excluding ortho intramolecular Hbond substituents is 1. The molecule has 1 amide bonds. The van der Waals surface area contributed by atoms with Gasteiger partial charge < -0.3 is 14.3 Å². The molecule has 2 aromatic heterocycles. The molecule has 0 aliphatic carbocycles. The van der Waals surface area contributed by atoms with E-state index in [1.54, 1.807) is 50.2 Å². The Morgan fingerprint density at radius 2 is 2.00 bits per heavy atom. The van der Waals surface area contributed by atoms with E-state index in [2.05, 4.69) is 4.98 Å². The number of aromatic nitrogens is 1. The molecular formula is C25H20N2O6S. The minimum Gasteiger partial charge on any atom is -0.504 e. The summed E-state index contributed by atoms with van der Waals surface area (Å²) in [6.07, 6.45) is 0. The number of amides is 1. The molecule has 0 fully saturated rings. The number of aromatic hydroxyl groups is 1. The molecule has 5 rings (SSSR count). The molecule has 0 radical (unpaired) electrons. The summed E-state index contributed by atoms with van der Waals surface area (Å²) in [6.45, 7) is 5.25. The van der Waals surface area contributed by atoms with E-state index in [4.69, 9.17) is 9.15 Å². The van der Waals surface area contributed by atoms with Crippen LogP contribution in [0, 0.1) is 6.92 Å². The van der Waals surface area contributed by atoms with Crippen molar-refractivity contribution < 1.29 is 23.8 Å². The number of hydrogen-bond donors (Lipinski definition) is 1. The number of anilines is 1. The lowest BCUT2D eigenvalue weighted by Crippen LogP contribution is -2.29. The van der Waals surface area contributed by atoms with Crippen molar-refractivity contribution in [1.82, 2.24) is 4.98 Å². The van der Waals surface area contributed by atoms with E-state index in [9.17, 15) is 19.5 Å². The van der Waals surface area contributed by atoms with Crippen molar-refractivity contribution in [3.05, 3.63) is 80.1 Å². The maximum atomic E-state index is 13.6. The third-order valence-corrected chi connectivity index (χ3v) is 6.95. The van der Waals surface area contributed by atoms with Crippen molar-refractivity contribution in [1.29, 1.82) is 0 Å². The number of nitrogens with zero attached hydrogens (tertiary/aromatic N) is 2. The highest BCUT2D eigenvalue weighted by atomic mass is 32.1. The number of carbonyl (C=O) groups is 2. The van der Waals surface area contributed by atoms with Crippen LogP contribution in [0.4, 0.5) is 5.13 Å². The summed E-state index contributed by atoms with van der Waals surface area (Å²) in [5.74, 6) is -0.596. The first-order valence-electron chi connectivity index (χ1n) is 10.6. The second kappa shape index (κ2) is 8.11. The lowest BCUT2D eigenvalue weighted by atomic mass is 9.98. The molecular weight excluding hydrogens is 456 g/mol. The van der Waals surface area contributed by atoms with Gasteiger partial charge in [-0.15, -0.1) is 0 Å². The van der Waals surface area contributed by atoms with Gasteiger partial charge in [0, 0.05) is 6.92 Å². The maximum Gasteiger partial charge on any atom is 0.297 e. The normalized spacial score (nSPS) is 15.1. The Balaban J connectivity index is 1.79. The molecule has 2 aromatic carbocycles. The molecule has 8 nitrogen and oxygen atoms in total. The molecule has 34 heavy (non-hydrogen) atoms. The third kappa shape index (κ3) is 3.28. The van der Waals surface area contributed by atoms with Crippen molar-refractivity contribution in [3.8, 4) is 11.5 Å². The van der Waals surface area contributed by atoms with Gasteiger partial charge in [-0.1, -0.05) is 29.5 Å². The van der Waals surface area contributed by atoms with Crippen LogP contribution in [0.25, 0.3) is 11.0 Å². The van der Waals surface area contributed by atoms with Gasteiger partial charge in [0.1, 0.15) is 5.58 Å². The minimum atomic E-state index is -0.881. The Kier molecular flexibility index (Phi) is 5.21. The Hall–Kier alpha value is -3.98. The van der Waals surface area contributed by atoms with Gasteiger partial charge >= 0.3 is 0 Å². The number of hydrogen-bond acceptors (Lipinski definition) is 8. The first kappa shape index (κ1) is 21.8. The molecule has 0 spiro atoms. The zero-order valence-corrected chi connectivity index (χ0v) is 19.4. The molecule has 0 unspecified atom stereocenters. The summed E-state index contributed by atoms with van der Waals surface area (Å²) in [6, 6.07) is 10.5. The predicted octanol–water partition coefficient (Wildman–Crippen LogP) is 4.61. The maximum absolute atomic E-state index is 13.6. The van der Waals surface area contributed by atoms with Crippen molar-refractivity contribution in [2.24, 2.45) is 0 Å². The average Bonchev–Trinajstić information content (AvgIpc) is 3.33. The smallest absolute Gasteiger partial charge is 0.297 e. The van der Waals surface area contributed by atoms with Gasteiger partial charge in [0.05, 0.1) is 34.2 Å². The van der Waals surface area contributed by atoms with Gasteiger partial charge in [0.2, 0.25) is 5.76 Å². The predicted molar refractivity (Wildman–Crippen MR) is 127 cm³/mol. The third-order valence-electron chi connectivity index (χ3n) is 5.69. The fourth-order valence-electron chi connectivity index (χ4n) is 4.22. The Morgan fingerprint density at radius 3 is 2.71 bits per heavy atom. The van der Waals surface area contributed by atoms with E-state index in [1.807, 2.05) is 0 Å². The molecule has 0 saturated carbocycles. The number of para-hydroxylation sites is 1. The van der Waals surface area contributed by atoms with Crippen LogP contribution in [0.2, 0.25) is 0 Å². The molecule has 3 heterocycles. The van der Waals surface area contributed by atoms with E-state index in [1.165, 1.54) is 17.9 Å². The minimum absolute atomic E-state index is 0.0591. The zero-order valence-electron chi connectivity index (χ0n) is 18.6. The van der Waals surface area contributed by atoms with Gasteiger partial charge in [-0.2, -0.15) is 0 Å². The SMILES string of the molecule is CCOc1cc([C@@H]2c3c(oc4ccccc4c3=O)C(=O)N2c2nc(C)c(C(C)=O)s2)ccc1O. The van der Waals surface area contributed by atoms with Crippen LogP contribution < -0.4 is 15.1 Å². The van der Waals surface area contributed by atoms with Gasteiger partial charge in [-0.25, -0.2) is 4.98 Å². The van der Waals surface area contributed by atoms with Gasteiger partial charge in [0.15, 0.2) is 27.8 Å². The fourth-order valence-corrected chi connectivity index (χ4v) is 5.21. The summed E-state index contributed by atoms with van der Waals surface area (Å²) < 4.78 is 11.5. The van der Waals surface area contributed by atoms with Crippen LogP contribution in [0.3, 0.4) is 0 Å². The first-order chi connectivity index (χ1) is 16.3. The molecule has 172 valence electrons. The topological polar surface area (TPSA) is 110 Å². The van der Waals surface area contributed by atoms with Crippen molar-refractivity contribution in [3.63, 3.8) is 0 Å². The molecule has 0 saturated heterocycles. The van der Waals surface area contributed by atoms with E-state index < -0.39 is 11.9 Å². The van der Waals surface area contributed by atoms with Gasteiger partial charge in [0.25, 0.3) is 5.91 Å². The first-order valence-corrected chi connectivity index (χ1v) is 11.5. The van der Waals surface area contributed by atoms with Crippen LogP contribution in [0.15, 0.2) is 51.7 Å². The Labute approximate surface area is 198 Å². The van der Waals surface area contributed by atoms with Crippen molar-refractivity contribution in [2.75, 3.05) is 11.5 Å². The lowest BCUT2D eigenvalue weighted by Gasteiger charge is -2.23. The average molecular weight is 477 g/mol. The van der Waals surface area contributed by atoms with Crippen molar-refractivity contribution in [2.45, 2.75) is 26.8 Å². The van der Waals surface area contributed by atoms with E-state index >= 15 is 0 Å². The molecule has 1 aliphatic rings. The summed E-state index contributed by atoms with van der Waals surface area (Å²) >= 11 is 1.09. The quantitative estimate of drug-likeness (QED) is 0.419. The van der Waals surface area contributed by atoms with E-state index in [0.717, 1.165) is 11.3 Å². The van der Waals surface area contributed by atoms with Crippen molar-refractivity contribution >= 4 is 39.1 Å². The van der Waals surface area contributed by atoms with E-state index in [0.29, 0.717) is 33.7 Å².